The Morgan fingerprint density at radius 2 is 1.85 bits per heavy atom. The molecule has 2 aromatic carbocycles. The van der Waals surface area contributed by atoms with Crippen LogP contribution in [-0.4, -0.2) is 16.8 Å². The second kappa shape index (κ2) is 7.51. The fourth-order valence-corrected chi connectivity index (χ4v) is 2.47. The van der Waals surface area contributed by atoms with E-state index in [1.807, 2.05) is 0 Å². The number of nitro groups is 1. The van der Waals surface area contributed by atoms with Crippen LogP contribution in [0.2, 0.25) is 10.0 Å². The molecule has 0 spiro atoms. The summed E-state index contributed by atoms with van der Waals surface area (Å²) < 4.78 is 5.06. The van der Waals surface area contributed by atoms with Crippen LogP contribution in [-0.2, 0) is 9.53 Å². The number of carbonyl (C=O) groups is 1. The van der Waals surface area contributed by atoms with E-state index >= 15 is 0 Å². The molecule has 3 rings (SSSR count). The van der Waals surface area contributed by atoms with Crippen LogP contribution in [0.5, 0.6) is 0 Å². The molecule has 0 N–H and O–H groups in total. The van der Waals surface area contributed by atoms with E-state index in [-0.39, 0.29) is 17.3 Å². The lowest BCUT2D eigenvalue weighted by Crippen LogP contribution is -2.01. The van der Waals surface area contributed by atoms with E-state index < -0.39 is 10.9 Å². The van der Waals surface area contributed by atoms with Crippen LogP contribution in [0.25, 0.3) is 12.2 Å². The van der Waals surface area contributed by atoms with Crippen molar-refractivity contribution in [1.29, 1.82) is 0 Å². The lowest BCUT2D eigenvalue weighted by atomic mass is 10.2. The van der Waals surface area contributed by atoms with E-state index in [9.17, 15) is 14.9 Å². The summed E-state index contributed by atoms with van der Waals surface area (Å²) in [7, 11) is 0. The number of esters is 1. The van der Waals surface area contributed by atoms with Crippen LogP contribution < -0.4 is 0 Å². The van der Waals surface area contributed by atoms with Gasteiger partial charge in [0, 0.05) is 18.2 Å². The molecule has 0 amide bonds. The quantitative estimate of drug-likeness (QED) is 0.322. The van der Waals surface area contributed by atoms with Gasteiger partial charge < -0.3 is 4.74 Å². The van der Waals surface area contributed by atoms with E-state index in [0.29, 0.717) is 21.2 Å². The highest BCUT2D eigenvalue weighted by molar-refractivity contribution is 6.42. The zero-order valence-corrected chi connectivity index (χ0v) is 14.6. The number of nitro benzene ring substituents is 1. The predicted molar refractivity (Wildman–Crippen MR) is 100 cm³/mol. The van der Waals surface area contributed by atoms with Crippen LogP contribution in [0.3, 0.4) is 0 Å². The Morgan fingerprint density at radius 1 is 1.04 bits per heavy atom. The first-order chi connectivity index (χ1) is 12.4. The van der Waals surface area contributed by atoms with Gasteiger partial charge in [-0.15, -0.1) is 0 Å². The van der Waals surface area contributed by atoms with Crippen molar-refractivity contribution in [2.75, 3.05) is 0 Å². The smallest absolute Gasteiger partial charge is 0.363 e. The lowest BCUT2D eigenvalue weighted by Gasteiger charge is -1.97. The van der Waals surface area contributed by atoms with Crippen LogP contribution in [0.15, 0.2) is 59.2 Å². The Hall–Kier alpha value is -2.96. The Balaban J connectivity index is 1.81. The topological polar surface area (TPSA) is 81.8 Å². The number of ether oxygens (including phenoxy) is 1. The monoisotopic (exact) mass is 388 g/mol. The molecule has 0 radical (unpaired) electrons. The molecule has 0 saturated heterocycles. The Bertz CT molecular complexity index is 996. The van der Waals surface area contributed by atoms with E-state index in [4.69, 9.17) is 27.9 Å². The van der Waals surface area contributed by atoms with E-state index in [1.165, 1.54) is 24.3 Å². The number of non-ortho nitro benzene ring substituents is 1. The molecule has 1 heterocycles. The van der Waals surface area contributed by atoms with E-state index in [2.05, 4.69) is 4.99 Å². The van der Waals surface area contributed by atoms with Crippen molar-refractivity contribution in [2.24, 2.45) is 4.99 Å². The summed E-state index contributed by atoms with van der Waals surface area (Å²) in [5.74, 6) is -0.511. The number of cyclic esters (lactones) is 1. The molecular weight excluding hydrogens is 379 g/mol. The molecule has 0 fully saturated rings. The number of halogens is 2. The third-order valence-electron chi connectivity index (χ3n) is 3.38. The van der Waals surface area contributed by atoms with Gasteiger partial charge in [-0.2, -0.15) is 0 Å². The standard InChI is InChI=1S/C18H10Cl2N2O4/c19-14-6-4-12(9-15(14)20)10-16-18(23)26-17(21-16)7-5-11-2-1-3-13(8-11)22(24)25/h1-10H/b7-5+,16-10+. The number of hydrogen-bond acceptors (Lipinski definition) is 5. The third kappa shape index (κ3) is 4.17. The molecule has 2 aromatic rings. The van der Waals surface area contributed by atoms with E-state index in [0.717, 1.165) is 0 Å². The fraction of sp³-hybridized carbons (Fsp3) is 0. The van der Waals surface area contributed by atoms with Crippen molar-refractivity contribution in [1.82, 2.24) is 0 Å². The van der Waals surface area contributed by atoms with Crippen molar-refractivity contribution in [3.63, 3.8) is 0 Å². The first kappa shape index (κ1) is 17.8. The molecule has 6 nitrogen and oxygen atoms in total. The molecule has 130 valence electrons. The minimum Gasteiger partial charge on any atom is -0.403 e. The van der Waals surface area contributed by atoms with Gasteiger partial charge in [-0.05, 0) is 35.4 Å². The fourth-order valence-electron chi connectivity index (χ4n) is 2.17. The van der Waals surface area contributed by atoms with Crippen LogP contribution >= 0.6 is 23.2 Å². The summed E-state index contributed by atoms with van der Waals surface area (Å²) in [6.07, 6.45) is 4.56. The number of benzene rings is 2. The summed E-state index contributed by atoms with van der Waals surface area (Å²) in [6, 6.07) is 11.0. The van der Waals surface area contributed by atoms with Crippen molar-refractivity contribution in [2.45, 2.75) is 0 Å². The van der Waals surface area contributed by atoms with Gasteiger partial charge in [0.25, 0.3) is 5.69 Å². The highest BCUT2D eigenvalue weighted by Gasteiger charge is 2.21. The summed E-state index contributed by atoms with van der Waals surface area (Å²) in [6.45, 7) is 0. The molecule has 8 heteroatoms. The predicted octanol–water partition coefficient (Wildman–Crippen LogP) is 4.91. The number of hydrogen-bond donors (Lipinski definition) is 0. The van der Waals surface area contributed by atoms with Crippen LogP contribution in [0, 0.1) is 10.1 Å². The van der Waals surface area contributed by atoms with Gasteiger partial charge in [-0.1, -0.05) is 41.4 Å². The summed E-state index contributed by atoms with van der Waals surface area (Å²) in [5, 5.41) is 11.6. The van der Waals surface area contributed by atoms with Crippen molar-refractivity contribution < 1.29 is 14.5 Å². The van der Waals surface area contributed by atoms with E-state index in [1.54, 1.807) is 36.4 Å². The van der Waals surface area contributed by atoms with Crippen molar-refractivity contribution >= 4 is 52.9 Å². The summed E-state index contributed by atoms with van der Waals surface area (Å²) in [4.78, 5) is 26.3. The average molecular weight is 389 g/mol. The van der Waals surface area contributed by atoms with Gasteiger partial charge >= 0.3 is 5.97 Å². The van der Waals surface area contributed by atoms with Gasteiger partial charge in [0.1, 0.15) is 0 Å². The molecule has 26 heavy (non-hydrogen) atoms. The average Bonchev–Trinajstić information content (AvgIpc) is 2.96. The molecule has 1 aliphatic rings. The maximum atomic E-state index is 11.9. The van der Waals surface area contributed by atoms with Crippen LogP contribution in [0.4, 0.5) is 5.69 Å². The minimum atomic E-state index is -0.602. The SMILES string of the molecule is O=C1OC(/C=C/c2cccc([N+](=O)[O-])c2)=NC/1=C/c1ccc(Cl)c(Cl)c1. The molecule has 0 unspecified atom stereocenters. The minimum absolute atomic E-state index is 0.0299. The molecule has 0 bridgehead atoms. The molecule has 0 aromatic heterocycles. The van der Waals surface area contributed by atoms with Gasteiger partial charge in [-0.25, -0.2) is 9.79 Å². The molecule has 1 aliphatic heterocycles. The van der Waals surface area contributed by atoms with Crippen LogP contribution in [0.1, 0.15) is 11.1 Å². The molecule has 0 saturated carbocycles. The normalized spacial score (nSPS) is 15.4. The maximum absolute atomic E-state index is 11.9. The molecular formula is C18H10Cl2N2O4. The summed E-state index contributed by atoms with van der Waals surface area (Å²) >= 11 is 11.8. The summed E-state index contributed by atoms with van der Waals surface area (Å²) in [5.41, 5.74) is 1.32. The highest BCUT2D eigenvalue weighted by atomic mass is 35.5. The Morgan fingerprint density at radius 3 is 2.58 bits per heavy atom. The second-order valence-corrected chi connectivity index (χ2v) is 6.04. The Labute approximate surface area is 158 Å². The number of aliphatic imine (C=N–C) groups is 1. The second-order valence-electron chi connectivity index (χ2n) is 5.23. The first-order valence-electron chi connectivity index (χ1n) is 7.32. The highest BCUT2D eigenvalue weighted by Crippen LogP contribution is 2.25. The third-order valence-corrected chi connectivity index (χ3v) is 4.12. The number of carbonyl (C=O) groups excluding carboxylic acids is 1. The number of nitrogens with zero attached hydrogens (tertiary/aromatic N) is 2. The van der Waals surface area contributed by atoms with Crippen molar-refractivity contribution in [3.05, 3.63) is 85.5 Å². The first-order valence-corrected chi connectivity index (χ1v) is 8.08. The zero-order valence-electron chi connectivity index (χ0n) is 13.1. The lowest BCUT2D eigenvalue weighted by molar-refractivity contribution is -0.384. The Kier molecular flexibility index (Phi) is 5.16. The largest absolute Gasteiger partial charge is 0.403 e. The maximum Gasteiger partial charge on any atom is 0.363 e. The van der Waals surface area contributed by atoms with Gasteiger partial charge in [-0.3, -0.25) is 10.1 Å². The van der Waals surface area contributed by atoms with Crippen molar-refractivity contribution in [3.8, 4) is 0 Å². The zero-order chi connectivity index (χ0) is 18.7. The molecule has 0 atom stereocenters. The van der Waals surface area contributed by atoms with Gasteiger partial charge in [0.15, 0.2) is 5.70 Å². The van der Waals surface area contributed by atoms with Gasteiger partial charge in [0.2, 0.25) is 5.90 Å². The van der Waals surface area contributed by atoms with Gasteiger partial charge in [0.05, 0.1) is 15.0 Å². The number of rotatable bonds is 4. The molecule has 0 aliphatic carbocycles.